The lowest BCUT2D eigenvalue weighted by Crippen LogP contribution is -2.28. The number of alkyl halides is 3. The second-order valence-electron chi connectivity index (χ2n) is 3.02. The number of amidine groups is 1. The highest BCUT2D eigenvalue weighted by atomic mass is 19.4. The molecule has 0 amide bonds. The quantitative estimate of drug-likeness (QED) is 0.347. The van der Waals surface area contributed by atoms with Gasteiger partial charge in [0.2, 0.25) is 0 Å². The van der Waals surface area contributed by atoms with Crippen molar-refractivity contribution in [3.05, 3.63) is 12.2 Å². The Bertz CT molecular complexity index is 222. The molecule has 5 heteroatoms. The Morgan fingerprint density at radius 2 is 1.69 bits per heavy atom. The van der Waals surface area contributed by atoms with E-state index in [1.165, 1.54) is 0 Å². The molecule has 0 N–H and O–H groups in total. The number of likely N-dealkylation sites (N-methyl/N-ethyl adjacent to an activating group) is 1. The summed E-state index contributed by atoms with van der Waals surface area (Å²) in [5.74, 6) is 0.498. The number of hydrogen-bond donors (Lipinski definition) is 0. The van der Waals surface area contributed by atoms with E-state index < -0.39 is 6.18 Å². The molecule has 0 heterocycles. The molecule has 0 saturated heterocycles. The van der Waals surface area contributed by atoms with Crippen LogP contribution >= 0.6 is 0 Å². The SMILES string of the molecule is CN(C)C(C=CC(F)(F)F)=[N+](C)C. The molecule has 0 aromatic heterocycles. The van der Waals surface area contributed by atoms with Crippen LogP contribution in [0.4, 0.5) is 13.2 Å². The van der Waals surface area contributed by atoms with E-state index in [1.807, 2.05) is 0 Å². The lowest BCUT2D eigenvalue weighted by Gasteiger charge is -2.07. The zero-order valence-corrected chi connectivity index (χ0v) is 8.18. The van der Waals surface area contributed by atoms with Gasteiger partial charge in [0.25, 0.3) is 5.84 Å². The number of hydrogen-bond acceptors (Lipinski definition) is 0. The van der Waals surface area contributed by atoms with Crippen molar-refractivity contribution in [1.82, 2.24) is 4.90 Å². The minimum absolute atomic E-state index is 0.225. The van der Waals surface area contributed by atoms with Crippen LogP contribution in [0.3, 0.4) is 0 Å². The zero-order valence-electron chi connectivity index (χ0n) is 8.18. The van der Waals surface area contributed by atoms with E-state index >= 15 is 0 Å². The minimum atomic E-state index is -4.25. The van der Waals surface area contributed by atoms with Crippen molar-refractivity contribution in [2.45, 2.75) is 6.18 Å². The van der Waals surface area contributed by atoms with Crippen LogP contribution in [0.2, 0.25) is 0 Å². The van der Waals surface area contributed by atoms with E-state index in [2.05, 4.69) is 0 Å². The second kappa shape index (κ2) is 4.30. The number of nitrogens with zero attached hydrogens (tertiary/aromatic N) is 2. The molecule has 0 aromatic rings. The predicted molar refractivity (Wildman–Crippen MR) is 46.0 cm³/mol. The number of allylic oxidation sites excluding steroid dienone is 1. The average molecular weight is 195 g/mol. The second-order valence-corrected chi connectivity index (χ2v) is 3.02. The molecule has 0 rings (SSSR count). The maximum absolute atomic E-state index is 11.8. The van der Waals surface area contributed by atoms with Crippen LogP contribution in [-0.4, -0.2) is 49.7 Å². The summed E-state index contributed by atoms with van der Waals surface area (Å²) in [5, 5.41) is 0. The standard InChI is InChI=1S/C8H14F3N2/c1-12(2)7(13(3)4)5-6-8(9,10)11/h5-6H,1-4H3/q+1. The zero-order chi connectivity index (χ0) is 10.6. The Hall–Kier alpha value is -1.00. The Balaban J connectivity index is 4.67. The van der Waals surface area contributed by atoms with E-state index in [0.29, 0.717) is 5.84 Å². The third-order valence-corrected chi connectivity index (χ3v) is 1.34. The summed E-state index contributed by atoms with van der Waals surface area (Å²) < 4.78 is 37.0. The average Bonchev–Trinajstić information content (AvgIpc) is 1.82. The van der Waals surface area contributed by atoms with Crippen molar-refractivity contribution >= 4 is 5.84 Å². The maximum Gasteiger partial charge on any atom is 0.410 e. The molecule has 0 aliphatic rings. The molecule has 0 spiro atoms. The summed E-state index contributed by atoms with van der Waals surface area (Å²) in [5.41, 5.74) is 0. The van der Waals surface area contributed by atoms with Gasteiger partial charge in [0.15, 0.2) is 0 Å². The smallest absolute Gasteiger partial charge is 0.267 e. The van der Waals surface area contributed by atoms with Gasteiger partial charge in [-0.25, -0.2) is 0 Å². The first-order valence-corrected chi connectivity index (χ1v) is 3.71. The van der Waals surface area contributed by atoms with E-state index in [4.69, 9.17) is 0 Å². The highest BCUT2D eigenvalue weighted by Gasteiger charge is 2.23. The van der Waals surface area contributed by atoms with Crippen molar-refractivity contribution in [1.29, 1.82) is 0 Å². The Kier molecular flexibility index (Phi) is 3.97. The first kappa shape index (κ1) is 12.0. The van der Waals surface area contributed by atoms with Gasteiger partial charge in [-0.05, 0) is 0 Å². The molecular weight excluding hydrogens is 181 g/mol. The van der Waals surface area contributed by atoms with Crippen LogP contribution in [0.15, 0.2) is 12.2 Å². The molecule has 0 fully saturated rings. The molecule has 0 atom stereocenters. The highest BCUT2D eigenvalue weighted by Crippen LogP contribution is 2.15. The van der Waals surface area contributed by atoms with Crippen molar-refractivity contribution in [2.75, 3.05) is 28.2 Å². The molecular formula is C8H14F3N2+. The molecule has 0 aliphatic heterocycles. The van der Waals surface area contributed by atoms with Gasteiger partial charge in [-0.2, -0.15) is 13.2 Å². The molecule has 0 aliphatic carbocycles. The monoisotopic (exact) mass is 195 g/mol. The summed E-state index contributed by atoms with van der Waals surface area (Å²) in [6.45, 7) is 0. The van der Waals surface area contributed by atoms with Gasteiger partial charge in [0, 0.05) is 12.2 Å². The third kappa shape index (κ3) is 5.27. The van der Waals surface area contributed by atoms with Crippen molar-refractivity contribution in [3.63, 3.8) is 0 Å². The third-order valence-electron chi connectivity index (χ3n) is 1.34. The van der Waals surface area contributed by atoms with Crippen LogP contribution in [0, 0.1) is 0 Å². The fraction of sp³-hybridized carbons (Fsp3) is 0.625. The van der Waals surface area contributed by atoms with Gasteiger partial charge in [0.1, 0.15) is 0 Å². The van der Waals surface area contributed by atoms with Crippen LogP contribution < -0.4 is 0 Å². The topological polar surface area (TPSA) is 6.25 Å². The Morgan fingerprint density at radius 1 is 1.23 bits per heavy atom. The molecule has 0 unspecified atom stereocenters. The highest BCUT2D eigenvalue weighted by molar-refractivity contribution is 5.88. The van der Waals surface area contributed by atoms with Gasteiger partial charge < -0.3 is 0 Å². The van der Waals surface area contributed by atoms with Crippen LogP contribution in [0.1, 0.15) is 0 Å². The lowest BCUT2D eigenvalue weighted by atomic mass is 10.4. The summed E-state index contributed by atoms with van der Waals surface area (Å²) in [6.07, 6.45) is -2.99. The van der Waals surface area contributed by atoms with Crippen molar-refractivity contribution < 1.29 is 17.7 Å². The van der Waals surface area contributed by atoms with Gasteiger partial charge >= 0.3 is 6.18 Å². The molecule has 0 bridgehead atoms. The van der Waals surface area contributed by atoms with Crippen LogP contribution in [-0.2, 0) is 0 Å². The van der Waals surface area contributed by atoms with Crippen LogP contribution in [0.25, 0.3) is 0 Å². The molecule has 0 saturated carbocycles. The van der Waals surface area contributed by atoms with Gasteiger partial charge in [-0.1, -0.05) is 0 Å². The lowest BCUT2D eigenvalue weighted by molar-refractivity contribution is -0.468. The van der Waals surface area contributed by atoms with Crippen LogP contribution in [0.5, 0.6) is 0 Å². The Labute approximate surface area is 76.0 Å². The normalized spacial score (nSPS) is 11.9. The number of rotatable bonds is 1. The van der Waals surface area contributed by atoms with E-state index in [1.54, 1.807) is 37.7 Å². The van der Waals surface area contributed by atoms with Gasteiger partial charge in [0.05, 0.1) is 28.2 Å². The van der Waals surface area contributed by atoms with E-state index in [9.17, 15) is 13.2 Å². The van der Waals surface area contributed by atoms with Crippen molar-refractivity contribution in [2.24, 2.45) is 0 Å². The van der Waals surface area contributed by atoms with E-state index in [-0.39, 0.29) is 6.08 Å². The summed E-state index contributed by atoms with van der Waals surface area (Å²) >= 11 is 0. The summed E-state index contributed by atoms with van der Waals surface area (Å²) in [7, 11) is 6.76. The van der Waals surface area contributed by atoms with E-state index in [0.717, 1.165) is 6.08 Å². The fourth-order valence-electron chi connectivity index (χ4n) is 0.867. The van der Waals surface area contributed by atoms with Gasteiger partial charge in [-0.3, -0.25) is 9.48 Å². The Morgan fingerprint density at radius 3 is 1.92 bits per heavy atom. The molecule has 0 radical (unpaired) electrons. The van der Waals surface area contributed by atoms with Gasteiger partial charge in [-0.15, -0.1) is 0 Å². The van der Waals surface area contributed by atoms with Crippen molar-refractivity contribution in [3.8, 4) is 0 Å². The first-order chi connectivity index (χ1) is 5.74. The summed E-state index contributed by atoms with van der Waals surface area (Å²) in [4.78, 5) is 1.61. The minimum Gasteiger partial charge on any atom is -0.267 e. The largest absolute Gasteiger partial charge is 0.410 e. The maximum atomic E-state index is 11.8. The number of halogens is 3. The predicted octanol–water partition coefficient (Wildman–Crippen LogP) is 1.34. The summed E-state index contributed by atoms with van der Waals surface area (Å²) in [6, 6.07) is 0. The molecule has 2 nitrogen and oxygen atoms in total. The molecule has 13 heavy (non-hydrogen) atoms. The molecule has 0 aromatic carbocycles. The molecule has 76 valence electrons. The first-order valence-electron chi connectivity index (χ1n) is 3.71. The fourth-order valence-corrected chi connectivity index (χ4v) is 0.867.